The summed E-state index contributed by atoms with van der Waals surface area (Å²) in [4.78, 5) is 24.3. The fraction of sp³-hybridized carbons (Fsp3) is 0.263. The van der Waals surface area contributed by atoms with Crippen LogP contribution in [0.4, 0.5) is 20.6 Å². The van der Waals surface area contributed by atoms with Crippen molar-refractivity contribution < 1.29 is 14.0 Å². The SMILES string of the molecule is CNC(=O)Nc1cccc(NC(=O)C2(c3ccc(F)cc3)CCC2)c1. The molecule has 1 fully saturated rings. The Morgan fingerprint density at radius 2 is 1.64 bits per heavy atom. The zero-order valence-electron chi connectivity index (χ0n) is 13.9. The van der Waals surface area contributed by atoms with Gasteiger partial charge in [-0.1, -0.05) is 24.6 Å². The Morgan fingerprint density at radius 1 is 1.00 bits per heavy atom. The number of carbonyl (C=O) groups is 2. The topological polar surface area (TPSA) is 70.2 Å². The summed E-state index contributed by atoms with van der Waals surface area (Å²) in [6, 6.07) is 12.8. The quantitative estimate of drug-likeness (QED) is 0.795. The molecule has 6 heteroatoms. The van der Waals surface area contributed by atoms with Crippen LogP contribution in [0, 0.1) is 5.82 Å². The zero-order chi connectivity index (χ0) is 17.9. The minimum absolute atomic E-state index is 0.109. The number of rotatable bonds is 4. The number of halogens is 1. The molecule has 3 amide bonds. The van der Waals surface area contributed by atoms with Gasteiger partial charge in [-0.25, -0.2) is 9.18 Å². The number of hydrogen-bond donors (Lipinski definition) is 3. The Balaban J connectivity index is 1.78. The zero-order valence-corrected chi connectivity index (χ0v) is 13.9. The van der Waals surface area contributed by atoms with Crippen molar-refractivity contribution in [2.75, 3.05) is 17.7 Å². The first kappa shape index (κ1) is 17.0. The molecule has 0 radical (unpaired) electrons. The van der Waals surface area contributed by atoms with Gasteiger partial charge in [-0.3, -0.25) is 4.79 Å². The van der Waals surface area contributed by atoms with Gasteiger partial charge in [0.25, 0.3) is 0 Å². The maximum atomic E-state index is 13.2. The molecule has 1 aliphatic rings. The summed E-state index contributed by atoms with van der Waals surface area (Å²) in [5.41, 5.74) is 1.41. The van der Waals surface area contributed by atoms with Crippen LogP contribution in [0.3, 0.4) is 0 Å². The normalized spacial score (nSPS) is 15.0. The van der Waals surface area contributed by atoms with Gasteiger partial charge in [0.15, 0.2) is 0 Å². The number of carbonyl (C=O) groups excluding carboxylic acids is 2. The van der Waals surface area contributed by atoms with Crippen molar-refractivity contribution in [2.24, 2.45) is 0 Å². The van der Waals surface area contributed by atoms with E-state index in [0.29, 0.717) is 11.4 Å². The van der Waals surface area contributed by atoms with Gasteiger partial charge in [-0.15, -0.1) is 0 Å². The average molecular weight is 341 g/mol. The monoisotopic (exact) mass is 341 g/mol. The minimum atomic E-state index is -0.613. The Labute approximate surface area is 145 Å². The largest absolute Gasteiger partial charge is 0.341 e. The maximum Gasteiger partial charge on any atom is 0.318 e. The Morgan fingerprint density at radius 3 is 2.20 bits per heavy atom. The molecule has 2 aromatic rings. The van der Waals surface area contributed by atoms with Crippen LogP contribution in [-0.4, -0.2) is 19.0 Å². The summed E-state index contributed by atoms with van der Waals surface area (Å²) in [5.74, 6) is -0.422. The first-order valence-corrected chi connectivity index (χ1v) is 8.20. The Kier molecular flexibility index (Phi) is 4.70. The Hall–Kier alpha value is -2.89. The van der Waals surface area contributed by atoms with Crippen molar-refractivity contribution in [3.8, 4) is 0 Å². The van der Waals surface area contributed by atoms with Crippen LogP contribution in [-0.2, 0) is 10.2 Å². The highest BCUT2D eigenvalue weighted by Crippen LogP contribution is 2.44. The molecule has 25 heavy (non-hydrogen) atoms. The second-order valence-corrected chi connectivity index (χ2v) is 6.18. The van der Waals surface area contributed by atoms with E-state index in [1.54, 1.807) is 36.4 Å². The molecule has 1 aliphatic carbocycles. The number of anilines is 2. The summed E-state index contributed by atoms with van der Waals surface area (Å²) in [6.07, 6.45) is 2.43. The molecular weight excluding hydrogens is 321 g/mol. The van der Waals surface area contributed by atoms with E-state index in [-0.39, 0.29) is 17.8 Å². The lowest BCUT2D eigenvalue weighted by Crippen LogP contribution is -2.46. The van der Waals surface area contributed by atoms with Crippen molar-refractivity contribution in [3.63, 3.8) is 0 Å². The Bertz CT molecular complexity index is 786. The second-order valence-electron chi connectivity index (χ2n) is 6.18. The van der Waals surface area contributed by atoms with Crippen LogP contribution >= 0.6 is 0 Å². The van der Waals surface area contributed by atoms with Crippen LogP contribution in [0.1, 0.15) is 24.8 Å². The smallest absolute Gasteiger partial charge is 0.318 e. The number of benzene rings is 2. The number of urea groups is 1. The molecule has 130 valence electrons. The first-order valence-electron chi connectivity index (χ1n) is 8.20. The predicted molar refractivity (Wildman–Crippen MR) is 95.1 cm³/mol. The first-order chi connectivity index (χ1) is 12.0. The number of amides is 3. The molecule has 0 unspecified atom stereocenters. The van der Waals surface area contributed by atoms with Crippen LogP contribution in [0.2, 0.25) is 0 Å². The highest BCUT2D eigenvalue weighted by Gasteiger charge is 2.45. The highest BCUT2D eigenvalue weighted by molar-refractivity contribution is 6.00. The molecule has 0 aromatic heterocycles. The average Bonchev–Trinajstić information content (AvgIpc) is 2.55. The fourth-order valence-electron chi connectivity index (χ4n) is 3.07. The molecule has 0 atom stereocenters. The van der Waals surface area contributed by atoms with Crippen molar-refractivity contribution in [3.05, 3.63) is 59.9 Å². The van der Waals surface area contributed by atoms with Crippen LogP contribution in [0.25, 0.3) is 0 Å². The molecule has 2 aromatic carbocycles. The predicted octanol–water partition coefficient (Wildman–Crippen LogP) is 3.64. The van der Waals surface area contributed by atoms with Gasteiger partial charge >= 0.3 is 6.03 Å². The molecule has 0 spiro atoms. The van der Waals surface area contributed by atoms with E-state index in [1.165, 1.54) is 19.2 Å². The second kappa shape index (κ2) is 6.93. The molecule has 3 N–H and O–H groups in total. The van der Waals surface area contributed by atoms with Crippen molar-refractivity contribution in [2.45, 2.75) is 24.7 Å². The molecule has 0 aliphatic heterocycles. The lowest BCUT2D eigenvalue weighted by Gasteiger charge is -2.40. The van der Waals surface area contributed by atoms with Gasteiger partial charge in [0.05, 0.1) is 5.41 Å². The van der Waals surface area contributed by atoms with Gasteiger partial charge in [0, 0.05) is 18.4 Å². The lowest BCUT2D eigenvalue weighted by atomic mass is 9.64. The number of hydrogen-bond acceptors (Lipinski definition) is 2. The van der Waals surface area contributed by atoms with Gasteiger partial charge < -0.3 is 16.0 Å². The van der Waals surface area contributed by atoms with E-state index in [2.05, 4.69) is 16.0 Å². The fourth-order valence-corrected chi connectivity index (χ4v) is 3.07. The van der Waals surface area contributed by atoms with E-state index in [9.17, 15) is 14.0 Å². The lowest BCUT2D eigenvalue weighted by molar-refractivity contribution is -0.124. The van der Waals surface area contributed by atoms with Crippen LogP contribution in [0.15, 0.2) is 48.5 Å². The minimum Gasteiger partial charge on any atom is -0.341 e. The molecule has 0 saturated heterocycles. The van der Waals surface area contributed by atoms with Crippen molar-refractivity contribution >= 4 is 23.3 Å². The van der Waals surface area contributed by atoms with Gasteiger partial charge in [-0.05, 0) is 48.7 Å². The summed E-state index contributed by atoms with van der Waals surface area (Å²) in [6.45, 7) is 0. The maximum absolute atomic E-state index is 13.2. The summed E-state index contributed by atoms with van der Waals surface area (Å²) in [5, 5.41) is 8.07. The van der Waals surface area contributed by atoms with E-state index < -0.39 is 5.41 Å². The molecule has 0 heterocycles. The molecule has 1 saturated carbocycles. The molecule has 3 rings (SSSR count). The van der Waals surface area contributed by atoms with Gasteiger partial charge in [0.2, 0.25) is 5.91 Å². The third-order valence-electron chi connectivity index (χ3n) is 4.64. The number of nitrogens with one attached hydrogen (secondary N) is 3. The summed E-state index contributed by atoms with van der Waals surface area (Å²) >= 11 is 0. The molecular formula is C19H20FN3O2. The third-order valence-corrected chi connectivity index (χ3v) is 4.64. The van der Waals surface area contributed by atoms with E-state index in [0.717, 1.165) is 24.8 Å². The van der Waals surface area contributed by atoms with Crippen molar-refractivity contribution in [1.82, 2.24) is 5.32 Å². The molecule has 5 nitrogen and oxygen atoms in total. The van der Waals surface area contributed by atoms with Crippen LogP contribution < -0.4 is 16.0 Å². The highest BCUT2D eigenvalue weighted by atomic mass is 19.1. The van der Waals surface area contributed by atoms with Crippen LogP contribution in [0.5, 0.6) is 0 Å². The summed E-state index contributed by atoms with van der Waals surface area (Å²) in [7, 11) is 1.53. The standard InChI is InChI=1S/C19H20FN3O2/c1-21-18(25)23-16-5-2-4-15(12-16)22-17(24)19(10-3-11-19)13-6-8-14(20)9-7-13/h2,4-9,12H,3,10-11H2,1H3,(H,22,24)(H2,21,23,25). The van der Waals surface area contributed by atoms with E-state index >= 15 is 0 Å². The van der Waals surface area contributed by atoms with Crippen molar-refractivity contribution in [1.29, 1.82) is 0 Å². The summed E-state index contributed by atoms with van der Waals surface area (Å²) < 4.78 is 13.2. The third kappa shape index (κ3) is 3.47. The van der Waals surface area contributed by atoms with Gasteiger partial charge in [0.1, 0.15) is 5.82 Å². The molecule has 0 bridgehead atoms. The van der Waals surface area contributed by atoms with E-state index in [4.69, 9.17) is 0 Å². The van der Waals surface area contributed by atoms with Gasteiger partial charge in [-0.2, -0.15) is 0 Å². The van der Waals surface area contributed by atoms with E-state index in [1.807, 2.05) is 0 Å².